The first-order valence-electron chi connectivity index (χ1n) is 6.49. The number of nitrogens with zero attached hydrogens (tertiary/aromatic N) is 1. The van der Waals surface area contributed by atoms with Crippen LogP contribution in [0.3, 0.4) is 0 Å². The third-order valence-corrected chi connectivity index (χ3v) is 6.12. The van der Waals surface area contributed by atoms with E-state index in [1.807, 2.05) is 18.2 Å². The van der Waals surface area contributed by atoms with Gasteiger partial charge in [0.05, 0.1) is 5.75 Å². The van der Waals surface area contributed by atoms with Crippen LogP contribution in [0.5, 0.6) is 0 Å². The van der Waals surface area contributed by atoms with Crippen molar-refractivity contribution in [3.63, 3.8) is 0 Å². The van der Waals surface area contributed by atoms with Crippen molar-refractivity contribution in [2.75, 3.05) is 0 Å². The Kier molecular flexibility index (Phi) is 3.41. The predicted molar refractivity (Wildman–Crippen MR) is 76.5 cm³/mol. The van der Waals surface area contributed by atoms with Gasteiger partial charge in [-0.2, -0.15) is 4.31 Å². The van der Waals surface area contributed by atoms with E-state index in [1.54, 1.807) is 16.4 Å². The number of hydrogen-bond acceptors (Lipinski definition) is 2. The lowest BCUT2D eigenvalue weighted by Crippen LogP contribution is -2.42. The molecule has 2 aliphatic rings. The normalized spacial score (nSPS) is 26.8. The second-order valence-electron chi connectivity index (χ2n) is 5.14. The summed E-state index contributed by atoms with van der Waals surface area (Å²) in [5, 5.41) is 0.519. The monoisotopic (exact) mass is 297 g/mol. The Labute approximate surface area is 118 Å². The zero-order valence-corrected chi connectivity index (χ0v) is 12.1. The van der Waals surface area contributed by atoms with Crippen LogP contribution in [0.1, 0.15) is 24.8 Å². The van der Waals surface area contributed by atoms with Gasteiger partial charge in [-0.05, 0) is 30.9 Å². The van der Waals surface area contributed by atoms with Gasteiger partial charge in [-0.3, -0.25) is 0 Å². The van der Waals surface area contributed by atoms with Crippen LogP contribution in [0, 0.1) is 0 Å². The Bertz CT molecular complexity index is 612. The molecule has 0 saturated carbocycles. The second-order valence-corrected chi connectivity index (χ2v) is 7.42. The first kappa shape index (κ1) is 13.2. The fourth-order valence-corrected chi connectivity index (χ4v) is 5.31. The third kappa shape index (κ3) is 2.45. The fraction of sp³-hybridized carbons (Fsp3) is 0.429. The fourth-order valence-electron chi connectivity index (χ4n) is 3.00. The van der Waals surface area contributed by atoms with Crippen molar-refractivity contribution in [2.45, 2.75) is 37.1 Å². The zero-order valence-electron chi connectivity index (χ0n) is 10.5. The molecular weight excluding hydrogens is 282 g/mol. The molecule has 2 bridgehead atoms. The summed E-state index contributed by atoms with van der Waals surface area (Å²) in [5.41, 5.74) is 0.679. The summed E-state index contributed by atoms with van der Waals surface area (Å²) >= 11 is 6.06. The highest BCUT2D eigenvalue weighted by molar-refractivity contribution is 7.88. The maximum absolute atomic E-state index is 12.6. The second kappa shape index (κ2) is 4.93. The molecule has 1 saturated heterocycles. The molecule has 0 radical (unpaired) electrons. The SMILES string of the molecule is O=S(=O)(Cc1ccccc1Cl)N1C2C=CCC1CC2. The summed E-state index contributed by atoms with van der Waals surface area (Å²) < 4.78 is 26.9. The van der Waals surface area contributed by atoms with E-state index in [-0.39, 0.29) is 17.8 Å². The number of benzene rings is 1. The average Bonchev–Trinajstić information content (AvgIpc) is 2.64. The maximum Gasteiger partial charge on any atom is 0.219 e. The summed E-state index contributed by atoms with van der Waals surface area (Å²) in [5.74, 6) is -0.00644. The van der Waals surface area contributed by atoms with Gasteiger partial charge in [0, 0.05) is 17.1 Å². The van der Waals surface area contributed by atoms with Crippen molar-refractivity contribution < 1.29 is 8.42 Å². The van der Waals surface area contributed by atoms with Gasteiger partial charge in [-0.1, -0.05) is 42.0 Å². The quantitative estimate of drug-likeness (QED) is 0.804. The van der Waals surface area contributed by atoms with Gasteiger partial charge in [0.2, 0.25) is 10.0 Å². The lowest BCUT2D eigenvalue weighted by Gasteiger charge is -2.30. The molecular formula is C14H16ClNO2S. The molecule has 2 atom stereocenters. The van der Waals surface area contributed by atoms with Crippen LogP contribution in [0.25, 0.3) is 0 Å². The van der Waals surface area contributed by atoms with Gasteiger partial charge in [-0.25, -0.2) is 8.42 Å². The van der Waals surface area contributed by atoms with Gasteiger partial charge >= 0.3 is 0 Å². The Balaban J connectivity index is 1.88. The highest BCUT2D eigenvalue weighted by Gasteiger charge is 2.41. The Morgan fingerprint density at radius 3 is 2.79 bits per heavy atom. The minimum atomic E-state index is -3.30. The average molecular weight is 298 g/mol. The Morgan fingerprint density at radius 1 is 1.26 bits per heavy atom. The number of sulfonamides is 1. The molecule has 2 aliphatic heterocycles. The van der Waals surface area contributed by atoms with E-state index < -0.39 is 10.0 Å². The molecule has 2 heterocycles. The number of rotatable bonds is 3. The molecule has 0 spiro atoms. The van der Waals surface area contributed by atoms with Crippen LogP contribution < -0.4 is 0 Å². The summed E-state index contributed by atoms with van der Waals surface area (Å²) in [6, 6.07) is 7.33. The Hall–Kier alpha value is -0.840. The molecule has 5 heteroatoms. The summed E-state index contributed by atoms with van der Waals surface area (Å²) in [7, 11) is -3.30. The van der Waals surface area contributed by atoms with E-state index >= 15 is 0 Å². The first-order chi connectivity index (χ1) is 9.08. The van der Waals surface area contributed by atoms with Crippen LogP contribution in [0.2, 0.25) is 5.02 Å². The van der Waals surface area contributed by atoms with Gasteiger partial charge in [0.15, 0.2) is 0 Å². The van der Waals surface area contributed by atoms with Crippen molar-refractivity contribution in [2.24, 2.45) is 0 Å². The zero-order chi connectivity index (χ0) is 13.5. The van der Waals surface area contributed by atoms with Crippen LogP contribution in [-0.2, 0) is 15.8 Å². The van der Waals surface area contributed by atoms with Crippen molar-refractivity contribution >= 4 is 21.6 Å². The maximum atomic E-state index is 12.6. The van der Waals surface area contributed by atoms with Crippen LogP contribution in [-0.4, -0.2) is 24.8 Å². The molecule has 1 aromatic carbocycles. The van der Waals surface area contributed by atoms with Crippen molar-refractivity contribution in [1.29, 1.82) is 0 Å². The molecule has 3 rings (SSSR count). The van der Waals surface area contributed by atoms with Crippen LogP contribution in [0.4, 0.5) is 0 Å². The summed E-state index contributed by atoms with van der Waals surface area (Å²) in [6.07, 6.45) is 6.85. The third-order valence-electron chi connectivity index (χ3n) is 3.87. The van der Waals surface area contributed by atoms with E-state index in [0.717, 1.165) is 19.3 Å². The van der Waals surface area contributed by atoms with Crippen LogP contribution >= 0.6 is 11.6 Å². The Morgan fingerprint density at radius 2 is 2.05 bits per heavy atom. The highest BCUT2D eigenvalue weighted by atomic mass is 35.5. The van der Waals surface area contributed by atoms with Gasteiger partial charge < -0.3 is 0 Å². The largest absolute Gasteiger partial charge is 0.219 e. The topological polar surface area (TPSA) is 37.4 Å². The first-order valence-corrected chi connectivity index (χ1v) is 8.48. The standard InChI is InChI=1S/C14H16ClNO2S/c15-14-7-2-1-4-11(14)10-19(17,18)16-12-5-3-6-13(16)9-8-12/h1-5,7,12-13H,6,8-10H2. The molecule has 2 unspecified atom stereocenters. The molecule has 1 fully saturated rings. The molecule has 19 heavy (non-hydrogen) atoms. The number of fused-ring (bicyclic) bond motifs is 2. The van der Waals surface area contributed by atoms with E-state index in [4.69, 9.17) is 11.6 Å². The lowest BCUT2D eigenvalue weighted by molar-refractivity contribution is 0.340. The van der Waals surface area contributed by atoms with Crippen molar-refractivity contribution in [3.8, 4) is 0 Å². The molecule has 3 nitrogen and oxygen atoms in total. The van der Waals surface area contributed by atoms with E-state index in [9.17, 15) is 8.42 Å². The molecule has 0 aromatic heterocycles. The molecule has 1 aromatic rings. The number of halogens is 1. The predicted octanol–water partition coefficient (Wildman–Crippen LogP) is 2.96. The highest BCUT2D eigenvalue weighted by Crippen LogP contribution is 2.35. The van der Waals surface area contributed by atoms with Crippen molar-refractivity contribution in [1.82, 2.24) is 4.31 Å². The molecule has 102 valence electrons. The van der Waals surface area contributed by atoms with Gasteiger partial charge in [0.25, 0.3) is 0 Å². The molecule has 0 aliphatic carbocycles. The summed E-state index contributed by atoms with van der Waals surface area (Å²) in [4.78, 5) is 0. The summed E-state index contributed by atoms with van der Waals surface area (Å²) in [6.45, 7) is 0. The van der Waals surface area contributed by atoms with Gasteiger partial charge in [0.1, 0.15) is 0 Å². The molecule has 0 amide bonds. The van der Waals surface area contributed by atoms with Gasteiger partial charge in [-0.15, -0.1) is 0 Å². The van der Waals surface area contributed by atoms with E-state index in [0.29, 0.717) is 10.6 Å². The molecule has 0 N–H and O–H groups in total. The van der Waals surface area contributed by atoms with Crippen molar-refractivity contribution in [3.05, 3.63) is 47.0 Å². The smallest absolute Gasteiger partial charge is 0.212 e. The van der Waals surface area contributed by atoms with E-state index in [1.165, 1.54) is 0 Å². The number of hydrogen-bond donors (Lipinski definition) is 0. The lowest BCUT2D eigenvalue weighted by atomic mass is 10.2. The minimum Gasteiger partial charge on any atom is -0.212 e. The van der Waals surface area contributed by atoms with Crippen LogP contribution in [0.15, 0.2) is 36.4 Å². The van der Waals surface area contributed by atoms with E-state index in [2.05, 4.69) is 6.08 Å². The minimum absolute atomic E-state index is 0.00644.